The summed E-state index contributed by atoms with van der Waals surface area (Å²) in [5, 5.41) is 8.95. The third kappa shape index (κ3) is 2.44. The van der Waals surface area contributed by atoms with Crippen LogP contribution in [-0.2, 0) is 6.54 Å². The SMILES string of the molecule is N#CCCn1c(-c2ccc(F)cc2)nc2cc3c(cc21)OCCO3. The first-order valence-corrected chi connectivity index (χ1v) is 7.69. The van der Waals surface area contributed by atoms with Gasteiger partial charge in [0, 0.05) is 24.2 Å². The predicted molar refractivity (Wildman–Crippen MR) is 86.3 cm³/mol. The number of hydrogen-bond donors (Lipinski definition) is 0. The van der Waals surface area contributed by atoms with Crippen molar-refractivity contribution in [3.05, 3.63) is 42.2 Å². The highest BCUT2D eigenvalue weighted by atomic mass is 19.1. The number of benzene rings is 2. The number of nitriles is 1. The number of imidazole rings is 1. The fraction of sp³-hybridized carbons (Fsp3) is 0.222. The maximum Gasteiger partial charge on any atom is 0.163 e. The van der Waals surface area contributed by atoms with Crippen LogP contribution in [0.25, 0.3) is 22.4 Å². The Morgan fingerprint density at radius 2 is 1.83 bits per heavy atom. The van der Waals surface area contributed by atoms with E-state index in [1.807, 2.05) is 16.7 Å². The monoisotopic (exact) mass is 323 g/mol. The Kier molecular flexibility index (Phi) is 3.54. The highest BCUT2D eigenvalue weighted by molar-refractivity contribution is 5.84. The average Bonchev–Trinajstić information content (AvgIpc) is 2.96. The lowest BCUT2D eigenvalue weighted by molar-refractivity contribution is 0.172. The minimum Gasteiger partial charge on any atom is -0.486 e. The molecule has 0 aliphatic carbocycles. The number of nitrogens with zero attached hydrogens (tertiary/aromatic N) is 3. The van der Waals surface area contributed by atoms with E-state index in [0.717, 1.165) is 16.6 Å². The van der Waals surface area contributed by atoms with Crippen molar-refractivity contribution >= 4 is 11.0 Å². The summed E-state index contributed by atoms with van der Waals surface area (Å²) in [5.74, 6) is 1.75. The molecule has 6 heteroatoms. The van der Waals surface area contributed by atoms with Crippen LogP contribution >= 0.6 is 0 Å². The van der Waals surface area contributed by atoms with Crippen LogP contribution in [0.4, 0.5) is 4.39 Å². The molecular formula is C18H14FN3O2. The van der Waals surface area contributed by atoms with Crippen LogP contribution < -0.4 is 9.47 Å². The van der Waals surface area contributed by atoms with Crippen LogP contribution in [0.5, 0.6) is 11.5 Å². The van der Waals surface area contributed by atoms with E-state index in [9.17, 15) is 4.39 Å². The number of ether oxygens (including phenoxy) is 2. The van der Waals surface area contributed by atoms with Gasteiger partial charge in [-0.15, -0.1) is 0 Å². The molecule has 0 saturated heterocycles. The molecule has 0 spiro atoms. The van der Waals surface area contributed by atoms with Crippen molar-refractivity contribution in [1.29, 1.82) is 5.26 Å². The highest BCUT2D eigenvalue weighted by Crippen LogP contribution is 2.36. The predicted octanol–water partition coefficient (Wildman–Crippen LogP) is 3.53. The van der Waals surface area contributed by atoms with E-state index in [1.54, 1.807) is 12.1 Å². The topological polar surface area (TPSA) is 60.1 Å². The number of fused-ring (bicyclic) bond motifs is 2. The van der Waals surface area contributed by atoms with Crippen molar-refractivity contribution < 1.29 is 13.9 Å². The van der Waals surface area contributed by atoms with E-state index in [-0.39, 0.29) is 5.82 Å². The summed E-state index contributed by atoms with van der Waals surface area (Å²) >= 11 is 0. The normalized spacial score (nSPS) is 13.0. The molecule has 0 saturated carbocycles. The summed E-state index contributed by atoms with van der Waals surface area (Å²) < 4.78 is 26.4. The number of aromatic nitrogens is 2. The van der Waals surface area contributed by atoms with Crippen LogP contribution in [0.15, 0.2) is 36.4 Å². The Morgan fingerprint density at radius 1 is 1.12 bits per heavy atom. The van der Waals surface area contributed by atoms with Crippen molar-refractivity contribution in [2.75, 3.05) is 13.2 Å². The molecule has 1 aliphatic heterocycles. The molecule has 2 aromatic carbocycles. The second-order valence-corrected chi connectivity index (χ2v) is 5.49. The van der Waals surface area contributed by atoms with E-state index in [1.165, 1.54) is 12.1 Å². The summed E-state index contributed by atoms with van der Waals surface area (Å²) in [6.07, 6.45) is 0.355. The van der Waals surface area contributed by atoms with Crippen molar-refractivity contribution in [3.63, 3.8) is 0 Å². The molecule has 0 bridgehead atoms. The van der Waals surface area contributed by atoms with Gasteiger partial charge in [-0.05, 0) is 24.3 Å². The fourth-order valence-corrected chi connectivity index (χ4v) is 2.87. The molecule has 0 radical (unpaired) electrons. The lowest BCUT2D eigenvalue weighted by Crippen LogP contribution is -2.15. The third-order valence-electron chi connectivity index (χ3n) is 3.96. The summed E-state index contributed by atoms with van der Waals surface area (Å²) in [5.41, 5.74) is 2.43. The minimum absolute atomic E-state index is 0.296. The third-order valence-corrected chi connectivity index (χ3v) is 3.96. The van der Waals surface area contributed by atoms with Gasteiger partial charge in [0.1, 0.15) is 24.9 Å². The first-order chi connectivity index (χ1) is 11.8. The fourth-order valence-electron chi connectivity index (χ4n) is 2.87. The number of aryl methyl sites for hydroxylation is 1. The van der Waals surface area contributed by atoms with Crippen molar-refractivity contribution in [2.45, 2.75) is 13.0 Å². The molecule has 0 unspecified atom stereocenters. The first kappa shape index (κ1) is 14.5. The lowest BCUT2D eigenvalue weighted by atomic mass is 10.2. The summed E-state index contributed by atoms with van der Waals surface area (Å²) in [6.45, 7) is 1.52. The maximum absolute atomic E-state index is 13.2. The Balaban J connectivity index is 1.91. The van der Waals surface area contributed by atoms with Gasteiger partial charge in [-0.25, -0.2) is 9.37 Å². The molecule has 2 heterocycles. The van der Waals surface area contributed by atoms with Crippen LogP contribution in [0.3, 0.4) is 0 Å². The number of hydrogen-bond acceptors (Lipinski definition) is 4. The van der Waals surface area contributed by atoms with Crippen molar-refractivity contribution in [2.24, 2.45) is 0 Å². The van der Waals surface area contributed by atoms with Gasteiger partial charge in [0.25, 0.3) is 0 Å². The van der Waals surface area contributed by atoms with Crippen LogP contribution in [0.2, 0.25) is 0 Å². The quantitative estimate of drug-likeness (QED) is 0.740. The van der Waals surface area contributed by atoms with Gasteiger partial charge in [-0.3, -0.25) is 0 Å². The summed E-state index contributed by atoms with van der Waals surface area (Å²) in [6, 6.07) is 12.1. The van der Waals surface area contributed by atoms with E-state index in [0.29, 0.717) is 43.5 Å². The Labute approximate surface area is 137 Å². The first-order valence-electron chi connectivity index (χ1n) is 7.69. The van der Waals surface area contributed by atoms with Crippen molar-refractivity contribution in [1.82, 2.24) is 9.55 Å². The smallest absolute Gasteiger partial charge is 0.163 e. The van der Waals surface area contributed by atoms with Gasteiger partial charge in [-0.1, -0.05) is 0 Å². The molecule has 24 heavy (non-hydrogen) atoms. The molecule has 1 aliphatic rings. The zero-order chi connectivity index (χ0) is 16.5. The molecule has 0 atom stereocenters. The zero-order valence-corrected chi connectivity index (χ0v) is 12.8. The highest BCUT2D eigenvalue weighted by Gasteiger charge is 2.18. The lowest BCUT2D eigenvalue weighted by Gasteiger charge is -2.18. The van der Waals surface area contributed by atoms with Gasteiger partial charge in [0.15, 0.2) is 11.5 Å². The Bertz CT molecular complexity index is 942. The molecular weight excluding hydrogens is 309 g/mol. The standard InChI is InChI=1S/C18H14FN3O2/c19-13-4-2-12(3-5-13)18-21-14-10-16-17(24-9-8-23-16)11-15(14)22(18)7-1-6-20/h2-5,10-11H,1,7-9H2. The van der Waals surface area contributed by atoms with Gasteiger partial charge >= 0.3 is 0 Å². The van der Waals surface area contributed by atoms with E-state index >= 15 is 0 Å². The summed E-state index contributed by atoms with van der Waals surface area (Å²) in [4.78, 5) is 4.67. The van der Waals surface area contributed by atoms with Crippen LogP contribution in [-0.4, -0.2) is 22.8 Å². The largest absolute Gasteiger partial charge is 0.486 e. The molecule has 0 fully saturated rings. The molecule has 0 amide bonds. The summed E-state index contributed by atoms with van der Waals surface area (Å²) in [7, 11) is 0. The Morgan fingerprint density at radius 3 is 2.54 bits per heavy atom. The second kappa shape index (κ2) is 5.85. The molecule has 5 nitrogen and oxygen atoms in total. The molecule has 3 aromatic rings. The Hall–Kier alpha value is -3.07. The van der Waals surface area contributed by atoms with Gasteiger partial charge in [-0.2, -0.15) is 5.26 Å². The zero-order valence-electron chi connectivity index (χ0n) is 12.8. The molecule has 1 aromatic heterocycles. The van der Waals surface area contributed by atoms with Crippen LogP contribution in [0, 0.1) is 17.1 Å². The number of halogens is 1. The molecule has 0 N–H and O–H groups in total. The van der Waals surface area contributed by atoms with E-state index in [2.05, 4.69) is 11.1 Å². The molecule has 4 rings (SSSR count). The van der Waals surface area contributed by atoms with Gasteiger partial charge in [0.2, 0.25) is 0 Å². The van der Waals surface area contributed by atoms with Gasteiger partial charge < -0.3 is 14.0 Å². The van der Waals surface area contributed by atoms with Crippen LogP contribution in [0.1, 0.15) is 6.42 Å². The van der Waals surface area contributed by atoms with E-state index in [4.69, 9.17) is 14.7 Å². The molecule has 120 valence electrons. The van der Waals surface area contributed by atoms with Gasteiger partial charge in [0.05, 0.1) is 23.5 Å². The van der Waals surface area contributed by atoms with Crippen molar-refractivity contribution in [3.8, 4) is 29.0 Å². The minimum atomic E-state index is -0.296. The second-order valence-electron chi connectivity index (χ2n) is 5.49. The van der Waals surface area contributed by atoms with E-state index < -0.39 is 0 Å². The number of rotatable bonds is 3. The maximum atomic E-state index is 13.2. The average molecular weight is 323 g/mol.